The maximum absolute atomic E-state index is 12.6. The first-order valence-corrected chi connectivity index (χ1v) is 12.7. The Kier molecular flexibility index (Phi) is 5.86. The van der Waals surface area contributed by atoms with E-state index in [1.54, 1.807) is 0 Å². The molecule has 0 aromatic rings. The molecule has 0 aromatic carbocycles. The average molecular weight is 405 g/mol. The summed E-state index contributed by atoms with van der Waals surface area (Å²) in [4.78, 5) is 12.6. The predicted octanol–water partition coefficient (Wildman–Crippen LogP) is 6.48. The number of unbranched alkanes of at least 4 members (excludes halogenated alkanes) is 1. The first-order valence-electron chi connectivity index (χ1n) is 12.7. The van der Waals surface area contributed by atoms with Crippen molar-refractivity contribution >= 4 is 5.97 Å². The highest BCUT2D eigenvalue weighted by Gasteiger charge is 2.66. The van der Waals surface area contributed by atoms with Gasteiger partial charge in [-0.3, -0.25) is 4.79 Å². The molecule has 0 bridgehead atoms. The molecule has 0 heterocycles. The van der Waals surface area contributed by atoms with Crippen molar-refractivity contribution in [2.45, 2.75) is 117 Å². The van der Waals surface area contributed by atoms with E-state index < -0.39 is 5.79 Å². The molecule has 3 nitrogen and oxygen atoms in total. The topological polar surface area (TPSA) is 46.5 Å². The van der Waals surface area contributed by atoms with E-state index >= 15 is 0 Å². The van der Waals surface area contributed by atoms with Gasteiger partial charge in [0.25, 0.3) is 0 Å². The van der Waals surface area contributed by atoms with Crippen molar-refractivity contribution in [2.75, 3.05) is 0 Å². The molecule has 8 atom stereocenters. The first kappa shape index (κ1) is 21.7. The molecule has 0 spiro atoms. The highest BCUT2D eigenvalue weighted by molar-refractivity contribution is 5.69. The molecular weight excluding hydrogens is 360 g/mol. The fourth-order valence-corrected chi connectivity index (χ4v) is 8.84. The molecule has 1 N–H and O–H groups in total. The van der Waals surface area contributed by atoms with E-state index in [1.807, 2.05) is 0 Å². The third-order valence-corrected chi connectivity index (χ3v) is 10.5. The van der Waals surface area contributed by atoms with Crippen LogP contribution in [-0.2, 0) is 9.53 Å². The van der Waals surface area contributed by atoms with E-state index in [0.29, 0.717) is 36.0 Å². The average Bonchev–Trinajstić information content (AvgIpc) is 3.03. The molecule has 4 rings (SSSR count). The van der Waals surface area contributed by atoms with Gasteiger partial charge < -0.3 is 9.84 Å². The number of carbonyl (C=O) groups excluding carboxylic acids is 1. The van der Waals surface area contributed by atoms with Gasteiger partial charge in [-0.1, -0.05) is 40.5 Å². The van der Waals surface area contributed by atoms with Gasteiger partial charge in [0.1, 0.15) is 0 Å². The standard InChI is InChI=1S/C26H44O3/c1-5-7-10-23(27)29-26(28)16-8-9-19-11-13-20-21-14-12-18(6-2)24(21,3)17-15-22(20)25(19,26)4/h18-22,28H,5-17H2,1-4H3/t18-,19?,20-,21-,22-,24+,25-,26?/m0/s1. The van der Waals surface area contributed by atoms with Gasteiger partial charge in [0.15, 0.2) is 0 Å². The van der Waals surface area contributed by atoms with Crippen LogP contribution in [-0.4, -0.2) is 16.9 Å². The number of esters is 1. The van der Waals surface area contributed by atoms with Crippen molar-refractivity contribution in [3.05, 3.63) is 0 Å². The van der Waals surface area contributed by atoms with Crippen LogP contribution in [0.25, 0.3) is 0 Å². The largest absolute Gasteiger partial charge is 0.433 e. The summed E-state index contributed by atoms with van der Waals surface area (Å²) >= 11 is 0. The van der Waals surface area contributed by atoms with Crippen molar-refractivity contribution in [2.24, 2.45) is 40.4 Å². The molecule has 4 fully saturated rings. The number of carbonyl (C=O) groups is 1. The second-order valence-electron chi connectivity index (χ2n) is 11.4. The molecule has 166 valence electrons. The van der Waals surface area contributed by atoms with E-state index in [1.165, 1.54) is 51.4 Å². The molecule has 2 unspecified atom stereocenters. The van der Waals surface area contributed by atoms with Crippen LogP contribution in [0.3, 0.4) is 0 Å². The van der Waals surface area contributed by atoms with Crippen LogP contribution in [0.1, 0.15) is 111 Å². The molecule has 0 saturated heterocycles. The monoisotopic (exact) mass is 404 g/mol. The Labute approximate surface area is 178 Å². The SMILES string of the molecule is CCCCC(=O)OC1(O)CCCC2CC[C@H]3[C@@H]4CC[C@H](CC)[C@@]4(C)CC[C@@H]3[C@]21C. The fraction of sp³-hybridized carbons (Fsp3) is 0.962. The Bertz CT molecular complexity index is 617. The zero-order chi connectivity index (χ0) is 20.9. The maximum atomic E-state index is 12.6. The quantitative estimate of drug-likeness (QED) is 0.421. The van der Waals surface area contributed by atoms with E-state index in [0.717, 1.165) is 31.1 Å². The smallest absolute Gasteiger partial charge is 0.308 e. The molecule has 4 aliphatic carbocycles. The van der Waals surface area contributed by atoms with E-state index in [4.69, 9.17) is 4.74 Å². The number of hydrogen-bond acceptors (Lipinski definition) is 3. The molecule has 0 aliphatic heterocycles. The number of aliphatic hydroxyl groups is 1. The zero-order valence-corrected chi connectivity index (χ0v) is 19.3. The van der Waals surface area contributed by atoms with Crippen molar-refractivity contribution < 1.29 is 14.6 Å². The summed E-state index contributed by atoms with van der Waals surface area (Å²) in [6.45, 7) is 9.34. The second kappa shape index (κ2) is 7.84. The first-order chi connectivity index (χ1) is 13.8. The Hall–Kier alpha value is -0.570. The predicted molar refractivity (Wildman–Crippen MR) is 116 cm³/mol. The van der Waals surface area contributed by atoms with Gasteiger partial charge in [-0.2, -0.15) is 0 Å². The van der Waals surface area contributed by atoms with Gasteiger partial charge in [-0.05, 0) is 92.8 Å². The lowest BCUT2D eigenvalue weighted by Gasteiger charge is -2.64. The van der Waals surface area contributed by atoms with Gasteiger partial charge in [0, 0.05) is 18.3 Å². The van der Waals surface area contributed by atoms with Gasteiger partial charge in [0.2, 0.25) is 5.79 Å². The summed E-state index contributed by atoms with van der Waals surface area (Å²) in [5.41, 5.74) is 0.214. The minimum atomic E-state index is -1.26. The van der Waals surface area contributed by atoms with Crippen LogP contribution in [0.4, 0.5) is 0 Å². The number of hydrogen-bond donors (Lipinski definition) is 1. The summed E-state index contributed by atoms with van der Waals surface area (Å²) in [5, 5.41) is 11.9. The molecule has 3 heteroatoms. The van der Waals surface area contributed by atoms with Crippen LogP contribution in [0.15, 0.2) is 0 Å². The van der Waals surface area contributed by atoms with Crippen molar-refractivity contribution in [1.29, 1.82) is 0 Å². The van der Waals surface area contributed by atoms with Crippen LogP contribution in [0, 0.1) is 40.4 Å². The number of ether oxygens (including phenoxy) is 1. The van der Waals surface area contributed by atoms with Gasteiger partial charge in [0.05, 0.1) is 0 Å². The summed E-state index contributed by atoms with van der Waals surface area (Å²) in [6, 6.07) is 0. The Balaban J connectivity index is 1.62. The van der Waals surface area contributed by atoms with Crippen molar-refractivity contribution in [3.63, 3.8) is 0 Å². The molecule has 4 saturated carbocycles. The highest BCUT2D eigenvalue weighted by Crippen LogP contribution is 2.69. The maximum Gasteiger partial charge on any atom is 0.308 e. The third kappa shape index (κ3) is 3.20. The lowest BCUT2D eigenvalue weighted by Crippen LogP contribution is -2.64. The minimum Gasteiger partial charge on any atom is -0.433 e. The van der Waals surface area contributed by atoms with Gasteiger partial charge in [-0.15, -0.1) is 0 Å². The lowest BCUT2D eigenvalue weighted by molar-refractivity contribution is -0.319. The Morgan fingerprint density at radius 1 is 1.00 bits per heavy atom. The molecule has 4 aliphatic rings. The highest BCUT2D eigenvalue weighted by atomic mass is 16.7. The van der Waals surface area contributed by atoms with Gasteiger partial charge >= 0.3 is 5.97 Å². The molecule has 0 radical (unpaired) electrons. The summed E-state index contributed by atoms with van der Waals surface area (Å²) in [6.07, 6.45) is 14.1. The summed E-state index contributed by atoms with van der Waals surface area (Å²) in [7, 11) is 0. The Morgan fingerprint density at radius 2 is 1.79 bits per heavy atom. The number of fused-ring (bicyclic) bond motifs is 5. The van der Waals surface area contributed by atoms with Crippen LogP contribution in [0.2, 0.25) is 0 Å². The number of rotatable bonds is 5. The zero-order valence-electron chi connectivity index (χ0n) is 19.3. The molecule has 29 heavy (non-hydrogen) atoms. The summed E-state index contributed by atoms with van der Waals surface area (Å²) < 4.78 is 6.00. The Morgan fingerprint density at radius 3 is 2.52 bits per heavy atom. The molecular formula is C26H44O3. The third-order valence-electron chi connectivity index (χ3n) is 10.5. The van der Waals surface area contributed by atoms with Crippen molar-refractivity contribution in [1.82, 2.24) is 0 Å². The molecule has 0 amide bonds. The molecule has 0 aromatic heterocycles. The van der Waals surface area contributed by atoms with Crippen LogP contribution >= 0.6 is 0 Å². The van der Waals surface area contributed by atoms with E-state index in [-0.39, 0.29) is 11.4 Å². The van der Waals surface area contributed by atoms with Crippen LogP contribution in [0.5, 0.6) is 0 Å². The van der Waals surface area contributed by atoms with E-state index in [9.17, 15) is 9.90 Å². The lowest BCUT2D eigenvalue weighted by atomic mass is 9.43. The van der Waals surface area contributed by atoms with E-state index in [2.05, 4.69) is 27.7 Å². The normalized spacial score (nSPS) is 49.1. The second-order valence-corrected chi connectivity index (χ2v) is 11.4. The summed E-state index contributed by atoms with van der Waals surface area (Å²) in [5.74, 6) is 1.91. The van der Waals surface area contributed by atoms with Gasteiger partial charge in [-0.25, -0.2) is 0 Å². The fourth-order valence-electron chi connectivity index (χ4n) is 8.84. The van der Waals surface area contributed by atoms with Crippen molar-refractivity contribution in [3.8, 4) is 0 Å². The van der Waals surface area contributed by atoms with Crippen LogP contribution < -0.4 is 0 Å². The minimum absolute atomic E-state index is 0.189.